The Morgan fingerprint density at radius 3 is 3.20 bits per heavy atom. The van der Waals surface area contributed by atoms with E-state index in [4.69, 9.17) is 0 Å². The van der Waals surface area contributed by atoms with Crippen molar-refractivity contribution in [2.75, 3.05) is 19.6 Å². The predicted octanol–water partition coefficient (Wildman–Crippen LogP) is 0.442. The maximum atomic E-state index is 3.54. The number of fused-ring (bicyclic) bond motifs is 1. The highest BCUT2D eigenvalue weighted by molar-refractivity contribution is 4.96. The van der Waals surface area contributed by atoms with E-state index < -0.39 is 0 Å². The van der Waals surface area contributed by atoms with Crippen LogP contribution in [0, 0.1) is 0 Å². The fourth-order valence-corrected chi connectivity index (χ4v) is 2.35. The summed E-state index contributed by atoms with van der Waals surface area (Å²) in [6.07, 6.45) is 2.75. The van der Waals surface area contributed by atoms with Crippen molar-refractivity contribution in [2.45, 2.75) is 31.8 Å². The molecule has 0 bridgehead atoms. The van der Waals surface area contributed by atoms with Gasteiger partial charge in [0, 0.05) is 18.6 Å². The minimum Gasteiger partial charge on any atom is -0.312 e. The molecule has 58 valence electrons. The van der Waals surface area contributed by atoms with Crippen LogP contribution >= 0.6 is 0 Å². The molecule has 2 rings (SSSR count). The molecular formula is C8H16N2. The van der Waals surface area contributed by atoms with Crippen LogP contribution in [0.3, 0.4) is 0 Å². The van der Waals surface area contributed by atoms with Crippen molar-refractivity contribution in [3.63, 3.8) is 0 Å². The zero-order valence-electron chi connectivity index (χ0n) is 6.64. The van der Waals surface area contributed by atoms with Gasteiger partial charge in [0.05, 0.1) is 0 Å². The molecule has 0 saturated carbocycles. The topological polar surface area (TPSA) is 15.3 Å². The zero-order chi connectivity index (χ0) is 6.97. The fraction of sp³-hybridized carbons (Fsp3) is 1.00. The standard InChI is InChI=1S/C8H16N2/c1-2-10-6-4-7-8(10)3-5-9-7/h7-9H,2-6H2,1H3/t7-,8-/m1/s1. The monoisotopic (exact) mass is 140 g/mol. The molecule has 0 amide bonds. The lowest BCUT2D eigenvalue weighted by molar-refractivity contribution is 0.267. The van der Waals surface area contributed by atoms with Crippen LogP contribution in [0.4, 0.5) is 0 Å². The smallest absolute Gasteiger partial charge is 0.0261 e. The minimum absolute atomic E-state index is 0.833. The lowest BCUT2D eigenvalue weighted by Crippen LogP contribution is -2.33. The maximum Gasteiger partial charge on any atom is 0.0261 e. The number of hydrogen-bond acceptors (Lipinski definition) is 2. The summed E-state index contributed by atoms with van der Waals surface area (Å²) in [6, 6.07) is 1.71. The molecule has 2 fully saturated rings. The molecule has 0 aromatic rings. The first-order chi connectivity index (χ1) is 4.92. The largest absolute Gasteiger partial charge is 0.312 e. The van der Waals surface area contributed by atoms with Gasteiger partial charge in [0.2, 0.25) is 0 Å². The normalized spacial score (nSPS) is 40.5. The average molecular weight is 140 g/mol. The van der Waals surface area contributed by atoms with E-state index in [0.29, 0.717) is 0 Å². The van der Waals surface area contributed by atoms with Crippen LogP contribution in [0.15, 0.2) is 0 Å². The van der Waals surface area contributed by atoms with Gasteiger partial charge in [-0.25, -0.2) is 0 Å². The van der Waals surface area contributed by atoms with Crippen LogP contribution in [0.2, 0.25) is 0 Å². The molecule has 2 aliphatic rings. The first kappa shape index (κ1) is 6.62. The second kappa shape index (κ2) is 2.51. The molecule has 0 unspecified atom stereocenters. The van der Waals surface area contributed by atoms with Gasteiger partial charge in [0.25, 0.3) is 0 Å². The summed E-state index contributed by atoms with van der Waals surface area (Å²) in [7, 11) is 0. The van der Waals surface area contributed by atoms with Gasteiger partial charge in [-0.3, -0.25) is 4.90 Å². The van der Waals surface area contributed by atoms with Crippen LogP contribution in [0.5, 0.6) is 0 Å². The molecule has 0 radical (unpaired) electrons. The second-order valence-electron chi connectivity index (χ2n) is 3.33. The van der Waals surface area contributed by atoms with E-state index in [1.165, 1.54) is 32.5 Å². The third-order valence-electron chi connectivity index (χ3n) is 2.91. The second-order valence-corrected chi connectivity index (χ2v) is 3.33. The van der Waals surface area contributed by atoms with Crippen molar-refractivity contribution in [2.24, 2.45) is 0 Å². The van der Waals surface area contributed by atoms with Gasteiger partial charge in [-0.1, -0.05) is 6.92 Å². The van der Waals surface area contributed by atoms with Crippen molar-refractivity contribution >= 4 is 0 Å². The van der Waals surface area contributed by atoms with Crippen LogP contribution in [-0.4, -0.2) is 36.6 Å². The highest BCUT2D eigenvalue weighted by Gasteiger charge is 2.35. The summed E-state index contributed by atoms with van der Waals surface area (Å²) in [4.78, 5) is 2.60. The van der Waals surface area contributed by atoms with Crippen LogP contribution < -0.4 is 5.32 Å². The Labute approximate surface area is 62.6 Å². The van der Waals surface area contributed by atoms with E-state index in [1.54, 1.807) is 0 Å². The Kier molecular flexibility index (Phi) is 1.66. The van der Waals surface area contributed by atoms with Gasteiger partial charge in [-0.05, 0) is 25.9 Å². The van der Waals surface area contributed by atoms with Crippen LogP contribution in [0.25, 0.3) is 0 Å². The minimum atomic E-state index is 0.833. The molecule has 0 aromatic carbocycles. The molecular weight excluding hydrogens is 124 g/mol. The lowest BCUT2D eigenvalue weighted by Gasteiger charge is -2.20. The third-order valence-corrected chi connectivity index (χ3v) is 2.91. The number of nitrogens with one attached hydrogen (secondary N) is 1. The molecule has 2 heteroatoms. The quantitative estimate of drug-likeness (QED) is 0.568. The molecule has 2 nitrogen and oxygen atoms in total. The van der Waals surface area contributed by atoms with E-state index in [9.17, 15) is 0 Å². The first-order valence-electron chi connectivity index (χ1n) is 4.39. The van der Waals surface area contributed by atoms with Gasteiger partial charge in [0.15, 0.2) is 0 Å². The van der Waals surface area contributed by atoms with Crippen molar-refractivity contribution in [3.05, 3.63) is 0 Å². The number of rotatable bonds is 1. The molecule has 2 heterocycles. The third kappa shape index (κ3) is 0.867. The number of hydrogen-bond donors (Lipinski definition) is 1. The number of likely N-dealkylation sites (tertiary alicyclic amines) is 1. The van der Waals surface area contributed by atoms with Crippen molar-refractivity contribution < 1.29 is 0 Å². The Hall–Kier alpha value is -0.0800. The highest BCUT2D eigenvalue weighted by Crippen LogP contribution is 2.23. The van der Waals surface area contributed by atoms with E-state index in [-0.39, 0.29) is 0 Å². The average Bonchev–Trinajstić information content (AvgIpc) is 2.44. The zero-order valence-corrected chi connectivity index (χ0v) is 6.64. The fourth-order valence-electron chi connectivity index (χ4n) is 2.35. The molecule has 0 aliphatic carbocycles. The summed E-state index contributed by atoms with van der Waals surface area (Å²) in [6.45, 7) is 6.06. The van der Waals surface area contributed by atoms with Gasteiger partial charge in [-0.15, -0.1) is 0 Å². The Balaban J connectivity index is 2.01. The summed E-state index contributed by atoms with van der Waals surface area (Å²) >= 11 is 0. The summed E-state index contributed by atoms with van der Waals surface area (Å²) in [5.74, 6) is 0. The first-order valence-corrected chi connectivity index (χ1v) is 4.39. The lowest BCUT2D eigenvalue weighted by atomic mass is 10.1. The van der Waals surface area contributed by atoms with E-state index in [1.807, 2.05) is 0 Å². The van der Waals surface area contributed by atoms with Crippen molar-refractivity contribution in [1.29, 1.82) is 0 Å². The maximum absolute atomic E-state index is 3.54. The highest BCUT2D eigenvalue weighted by atomic mass is 15.2. The molecule has 0 spiro atoms. The number of nitrogens with zero attached hydrogens (tertiary/aromatic N) is 1. The van der Waals surface area contributed by atoms with E-state index in [0.717, 1.165) is 12.1 Å². The molecule has 1 N–H and O–H groups in total. The van der Waals surface area contributed by atoms with Gasteiger partial charge < -0.3 is 5.32 Å². The van der Waals surface area contributed by atoms with E-state index in [2.05, 4.69) is 17.1 Å². The SMILES string of the molecule is CCN1CC[C@H]2NCC[C@H]21. The van der Waals surface area contributed by atoms with Crippen LogP contribution in [-0.2, 0) is 0 Å². The molecule has 2 aliphatic heterocycles. The van der Waals surface area contributed by atoms with Crippen LogP contribution in [0.1, 0.15) is 19.8 Å². The predicted molar refractivity (Wildman–Crippen MR) is 42.1 cm³/mol. The van der Waals surface area contributed by atoms with E-state index >= 15 is 0 Å². The Bertz CT molecular complexity index is 124. The summed E-state index contributed by atoms with van der Waals surface area (Å²) < 4.78 is 0. The molecule has 2 atom stereocenters. The Morgan fingerprint density at radius 1 is 1.50 bits per heavy atom. The van der Waals surface area contributed by atoms with Gasteiger partial charge >= 0.3 is 0 Å². The van der Waals surface area contributed by atoms with Crippen molar-refractivity contribution in [1.82, 2.24) is 10.2 Å². The summed E-state index contributed by atoms with van der Waals surface area (Å²) in [5.41, 5.74) is 0. The van der Waals surface area contributed by atoms with Crippen molar-refractivity contribution in [3.8, 4) is 0 Å². The molecule has 10 heavy (non-hydrogen) atoms. The van der Waals surface area contributed by atoms with Gasteiger partial charge in [-0.2, -0.15) is 0 Å². The molecule has 2 saturated heterocycles. The summed E-state index contributed by atoms with van der Waals surface area (Å²) in [5, 5.41) is 3.54. The Morgan fingerprint density at radius 2 is 2.40 bits per heavy atom. The van der Waals surface area contributed by atoms with Gasteiger partial charge in [0.1, 0.15) is 0 Å². The molecule has 0 aromatic heterocycles. The number of likely N-dealkylation sites (N-methyl/N-ethyl adjacent to an activating group) is 1.